The molecule has 0 heterocycles. The summed E-state index contributed by atoms with van der Waals surface area (Å²) in [6.07, 6.45) is 8.34. The van der Waals surface area contributed by atoms with E-state index in [0.29, 0.717) is 13.2 Å². The van der Waals surface area contributed by atoms with Crippen LogP contribution in [0.3, 0.4) is 0 Å². The van der Waals surface area contributed by atoms with Crippen LogP contribution in [0.5, 0.6) is 0 Å². The molecule has 0 atom stereocenters. The number of hydrogen-bond acceptors (Lipinski definition) is 6. The molecule has 0 unspecified atom stereocenters. The second kappa shape index (κ2) is 15.1. The molecule has 0 aliphatic carbocycles. The van der Waals surface area contributed by atoms with E-state index in [2.05, 4.69) is 18.0 Å². The molecule has 8 heteroatoms. The number of ether oxygens (including phenoxy) is 2. The van der Waals surface area contributed by atoms with Gasteiger partial charge in [0.15, 0.2) is 5.79 Å². The first-order chi connectivity index (χ1) is 10.3. The van der Waals surface area contributed by atoms with Crippen LogP contribution in [0.15, 0.2) is 0 Å². The van der Waals surface area contributed by atoms with E-state index in [0.717, 1.165) is 51.4 Å². The molecule has 0 rings (SSSR count). The maximum absolute atomic E-state index is 10.6. The van der Waals surface area contributed by atoms with Crippen LogP contribution >= 0.6 is 0 Å². The smallest absolute Gasteiger partial charge is 0.726 e. The summed E-state index contributed by atoms with van der Waals surface area (Å²) in [7, 11) is -4.75. The molecule has 6 nitrogen and oxygen atoms in total. The third-order valence-electron chi connectivity index (χ3n) is 3.28. The average molecular weight is 362 g/mol. The molecule has 0 saturated carbocycles. The third-order valence-corrected chi connectivity index (χ3v) is 3.68. The van der Waals surface area contributed by atoms with E-state index in [-0.39, 0.29) is 29.6 Å². The van der Waals surface area contributed by atoms with Crippen LogP contribution < -0.4 is 29.6 Å². The van der Waals surface area contributed by atoms with Gasteiger partial charge >= 0.3 is 29.6 Å². The molecule has 0 bridgehead atoms. The maximum Gasteiger partial charge on any atom is 1.00 e. The zero-order chi connectivity index (χ0) is 16.9. The van der Waals surface area contributed by atoms with Crippen molar-refractivity contribution in [1.82, 2.24) is 0 Å². The van der Waals surface area contributed by atoms with Gasteiger partial charge in [-0.25, -0.2) is 8.42 Å². The van der Waals surface area contributed by atoms with Crippen molar-refractivity contribution in [3.63, 3.8) is 0 Å². The molecular formula is C15H31NaO6S. The summed E-state index contributed by atoms with van der Waals surface area (Å²) >= 11 is 0. The second-order valence-corrected chi connectivity index (χ2v) is 6.67. The first kappa shape index (κ1) is 26.0. The van der Waals surface area contributed by atoms with Gasteiger partial charge in [0.25, 0.3) is 0 Å². The normalized spacial score (nSPS) is 12.2. The summed E-state index contributed by atoms with van der Waals surface area (Å²) in [5.74, 6) is -1.20. The molecule has 0 aromatic carbocycles. The van der Waals surface area contributed by atoms with Gasteiger partial charge in [-0.05, 0) is 19.8 Å². The molecule has 0 amide bonds. The van der Waals surface area contributed by atoms with Gasteiger partial charge in [0, 0.05) is 0 Å². The Morgan fingerprint density at radius 1 is 0.870 bits per heavy atom. The topological polar surface area (TPSA) is 84.9 Å². The van der Waals surface area contributed by atoms with Crippen LogP contribution in [0.25, 0.3) is 0 Å². The van der Waals surface area contributed by atoms with Gasteiger partial charge < -0.3 is 14.0 Å². The standard InChI is InChI=1S/C15H32O6S.Na/c1-4-6-8-10-12-19-15(3,14-21-22(16,17)18)20-13-11-9-7-5-2;/h4-14H2,1-3H3,(H,16,17,18);/q;+1/p-1. The second-order valence-electron chi connectivity index (χ2n) is 5.62. The SMILES string of the molecule is CCCCCCOC(C)(COS(=O)(=O)[O-])OCCCCCC.[Na+]. The predicted molar refractivity (Wildman–Crippen MR) is 84.2 cm³/mol. The number of hydrogen-bond donors (Lipinski definition) is 0. The van der Waals surface area contributed by atoms with E-state index in [1.165, 1.54) is 0 Å². The van der Waals surface area contributed by atoms with Crippen LogP contribution in [0, 0.1) is 0 Å². The van der Waals surface area contributed by atoms with Crippen molar-refractivity contribution in [3.8, 4) is 0 Å². The fourth-order valence-electron chi connectivity index (χ4n) is 1.94. The Kier molecular flexibility index (Phi) is 17.1. The monoisotopic (exact) mass is 362 g/mol. The van der Waals surface area contributed by atoms with Crippen molar-refractivity contribution in [3.05, 3.63) is 0 Å². The Hall–Kier alpha value is 0.790. The Morgan fingerprint density at radius 3 is 1.65 bits per heavy atom. The van der Waals surface area contributed by atoms with E-state index in [9.17, 15) is 13.0 Å². The molecule has 0 N–H and O–H groups in total. The van der Waals surface area contributed by atoms with Crippen LogP contribution in [-0.4, -0.2) is 38.6 Å². The molecule has 0 saturated heterocycles. The van der Waals surface area contributed by atoms with Gasteiger partial charge in [-0.15, -0.1) is 0 Å². The van der Waals surface area contributed by atoms with Gasteiger partial charge in [-0.2, -0.15) is 0 Å². The van der Waals surface area contributed by atoms with Crippen molar-refractivity contribution < 1.29 is 56.2 Å². The van der Waals surface area contributed by atoms with Crippen molar-refractivity contribution in [1.29, 1.82) is 0 Å². The number of rotatable bonds is 15. The summed E-state index contributed by atoms with van der Waals surface area (Å²) in [4.78, 5) is 0. The van der Waals surface area contributed by atoms with Crippen molar-refractivity contribution in [2.75, 3.05) is 19.8 Å². The van der Waals surface area contributed by atoms with E-state index in [4.69, 9.17) is 9.47 Å². The molecule has 0 aliphatic rings. The molecule has 134 valence electrons. The zero-order valence-electron chi connectivity index (χ0n) is 15.1. The van der Waals surface area contributed by atoms with Gasteiger partial charge in [0.2, 0.25) is 10.4 Å². The van der Waals surface area contributed by atoms with Crippen LogP contribution in [-0.2, 0) is 24.1 Å². The van der Waals surface area contributed by atoms with E-state index in [1.54, 1.807) is 6.92 Å². The van der Waals surface area contributed by atoms with Crippen LogP contribution in [0.4, 0.5) is 0 Å². The summed E-state index contributed by atoms with van der Waals surface area (Å²) < 4.78 is 47.4. The fourth-order valence-corrected chi connectivity index (χ4v) is 2.30. The van der Waals surface area contributed by atoms with Crippen molar-refractivity contribution >= 4 is 10.4 Å². The first-order valence-corrected chi connectivity index (χ1v) is 9.54. The fraction of sp³-hybridized carbons (Fsp3) is 1.00. The zero-order valence-corrected chi connectivity index (χ0v) is 18.0. The Morgan fingerprint density at radius 2 is 1.30 bits per heavy atom. The summed E-state index contributed by atoms with van der Waals surface area (Å²) in [5, 5.41) is 0. The molecule has 0 aromatic rings. The molecule has 0 radical (unpaired) electrons. The largest absolute Gasteiger partial charge is 1.00 e. The average Bonchev–Trinajstić information content (AvgIpc) is 2.44. The minimum atomic E-state index is -4.75. The van der Waals surface area contributed by atoms with Gasteiger partial charge in [-0.1, -0.05) is 52.4 Å². The minimum Gasteiger partial charge on any atom is -0.726 e. The van der Waals surface area contributed by atoms with E-state index < -0.39 is 22.8 Å². The predicted octanol–water partition coefficient (Wildman–Crippen LogP) is 0.377. The van der Waals surface area contributed by atoms with Gasteiger partial charge in [-0.3, -0.25) is 4.18 Å². The Labute approximate surface area is 163 Å². The maximum atomic E-state index is 10.6. The number of unbranched alkanes of at least 4 members (excludes halogenated alkanes) is 6. The van der Waals surface area contributed by atoms with E-state index in [1.807, 2.05) is 0 Å². The summed E-state index contributed by atoms with van der Waals surface area (Å²) in [6, 6.07) is 0. The minimum absolute atomic E-state index is 0. The molecule has 0 aromatic heterocycles. The van der Waals surface area contributed by atoms with Crippen LogP contribution in [0.1, 0.15) is 72.1 Å². The van der Waals surface area contributed by atoms with Gasteiger partial charge in [0.05, 0.1) is 13.2 Å². The molecule has 23 heavy (non-hydrogen) atoms. The summed E-state index contributed by atoms with van der Waals surface area (Å²) in [5.41, 5.74) is 0. The summed E-state index contributed by atoms with van der Waals surface area (Å²) in [6.45, 7) is 6.34. The Bertz CT molecular complexity index is 347. The molecule has 0 spiro atoms. The van der Waals surface area contributed by atoms with Crippen LogP contribution in [0.2, 0.25) is 0 Å². The molecular weight excluding hydrogens is 331 g/mol. The quantitative estimate of drug-likeness (QED) is 0.138. The van der Waals surface area contributed by atoms with E-state index >= 15 is 0 Å². The third kappa shape index (κ3) is 17.4. The Balaban J connectivity index is 0. The van der Waals surface area contributed by atoms with Crippen molar-refractivity contribution in [2.24, 2.45) is 0 Å². The van der Waals surface area contributed by atoms with Gasteiger partial charge in [0.1, 0.15) is 6.61 Å². The van der Waals surface area contributed by atoms with Crippen molar-refractivity contribution in [2.45, 2.75) is 77.9 Å². The molecule has 0 aliphatic heterocycles. The first-order valence-electron chi connectivity index (χ1n) is 8.21. The molecule has 0 fully saturated rings.